The molecule has 0 saturated carbocycles. The normalized spacial score (nSPS) is 12.8. The summed E-state index contributed by atoms with van der Waals surface area (Å²) in [5.74, 6) is -0.265. The number of aliphatic hydroxyl groups excluding tert-OH is 1. The Morgan fingerprint density at radius 2 is 1.74 bits per heavy atom. The SMILES string of the molecule is Cn1cccc1[C@H](O)c1ccc(F)c2ccccc12. The van der Waals surface area contributed by atoms with Crippen molar-refractivity contribution in [2.24, 2.45) is 7.05 Å². The maximum atomic E-state index is 13.8. The Labute approximate surface area is 110 Å². The zero-order chi connectivity index (χ0) is 13.4. The second-order valence-electron chi connectivity index (χ2n) is 4.63. The van der Waals surface area contributed by atoms with Crippen molar-refractivity contribution in [2.75, 3.05) is 0 Å². The van der Waals surface area contributed by atoms with Crippen molar-refractivity contribution in [2.45, 2.75) is 6.10 Å². The molecule has 1 N–H and O–H groups in total. The van der Waals surface area contributed by atoms with E-state index in [0.717, 1.165) is 16.6 Å². The topological polar surface area (TPSA) is 25.2 Å². The highest BCUT2D eigenvalue weighted by molar-refractivity contribution is 5.86. The highest BCUT2D eigenvalue weighted by Crippen LogP contribution is 2.30. The first-order valence-corrected chi connectivity index (χ1v) is 6.15. The van der Waals surface area contributed by atoms with Crippen LogP contribution in [0, 0.1) is 5.82 Å². The number of hydrogen-bond donors (Lipinski definition) is 1. The maximum absolute atomic E-state index is 13.8. The summed E-state index contributed by atoms with van der Waals surface area (Å²) in [4.78, 5) is 0. The predicted octanol–water partition coefficient (Wildman–Crippen LogP) is 3.40. The number of aryl methyl sites for hydroxylation is 1. The Morgan fingerprint density at radius 1 is 1.00 bits per heavy atom. The molecule has 3 aromatic rings. The average molecular weight is 255 g/mol. The Kier molecular flexibility index (Phi) is 2.84. The molecule has 0 aliphatic heterocycles. The fourth-order valence-corrected chi connectivity index (χ4v) is 2.44. The molecule has 1 heterocycles. The molecule has 0 bridgehead atoms. The number of rotatable bonds is 2. The molecule has 0 saturated heterocycles. The van der Waals surface area contributed by atoms with E-state index in [2.05, 4.69) is 0 Å². The lowest BCUT2D eigenvalue weighted by Gasteiger charge is -2.15. The van der Waals surface area contributed by atoms with E-state index in [0.29, 0.717) is 5.39 Å². The summed E-state index contributed by atoms with van der Waals surface area (Å²) in [6.45, 7) is 0. The third kappa shape index (κ3) is 1.92. The van der Waals surface area contributed by atoms with Gasteiger partial charge < -0.3 is 9.67 Å². The number of aromatic nitrogens is 1. The summed E-state index contributed by atoms with van der Waals surface area (Å²) in [6, 6.07) is 14.0. The van der Waals surface area contributed by atoms with Gasteiger partial charge in [0.05, 0.1) is 5.69 Å². The van der Waals surface area contributed by atoms with Gasteiger partial charge in [-0.15, -0.1) is 0 Å². The number of halogens is 1. The van der Waals surface area contributed by atoms with Crippen molar-refractivity contribution in [1.29, 1.82) is 0 Å². The lowest BCUT2D eigenvalue weighted by atomic mass is 9.98. The largest absolute Gasteiger partial charge is 0.382 e. The molecule has 0 unspecified atom stereocenters. The zero-order valence-corrected chi connectivity index (χ0v) is 10.5. The van der Waals surface area contributed by atoms with E-state index in [1.54, 1.807) is 18.2 Å². The van der Waals surface area contributed by atoms with E-state index in [1.165, 1.54) is 6.07 Å². The molecule has 0 fully saturated rings. The van der Waals surface area contributed by atoms with Gasteiger partial charge in [-0.1, -0.05) is 30.3 Å². The molecule has 96 valence electrons. The highest BCUT2D eigenvalue weighted by atomic mass is 19.1. The molecular weight excluding hydrogens is 241 g/mol. The standard InChI is InChI=1S/C16H14FNO/c1-18-10-4-7-15(18)16(19)13-8-9-14(17)12-6-3-2-5-11(12)13/h2-10,16,19H,1H3/t16-/m1/s1. The van der Waals surface area contributed by atoms with Crippen LogP contribution in [0.1, 0.15) is 17.4 Å². The third-order valence-corrected chi connectivity index (χ3v) is 3.46. The van der Waals surface area contributed by atoms with Crippen LogP contribution >= 0.6 is 0 Å². The molecular formula is C16H14FNO. The number of hydrogen-bond acceptors (Lipinski definition) is 1. The van der Waals surface area contributed by atoms with Crippen molar-refractivity contribution >= 4 is 10.8 Å². The fraction of sp³-hybridized carbons (Fsp3) is 0.125. The molecule has 0 amide bonds. The quantitative estimate of drug-likeness (QED) is 0.746. The summed E-state index contributed by atoms with van der Waals surface area (Å²) in [5, 5.41) is 11.8. The van der Waals surface area contributed by atoms with Gasteiger partial charge in [0.15, 0.2) is 0 Å². The summed E-state index contributed by atoms with van der Waals surface area (Å²) >= 11 is 0. The van der Waals surface area contributed by atoms with Crippen LogP contribution < -0.4 is 0 Å². The number of benzene rings is 2. The van der Waals surface area contributed by atoms with Crippen molar-refractivity contribution in [3.63, 3.8) is 0 Å². The monoisotopic (exact) mass is 255 g/mol. The first-order valence-electron chi connectivity index (χ1n) is 6.15. The number of aliphatic hydroxyl groups is 1. The van der Waals surface area contributed by atoms with Gasteiger partial charge in [0, 0.05) is 18.6 Å². The summed E-state index contributed by atoms with van der Waals surface area (Å²) in [5.41, 5.74) is 1.51. The van der Waals surface area contributed by atoms with Crippen molar-refractivity contribution in [1.82, 2.24) is 4.57 Å². The van der Waals surface area contributed by atoms with E-state index in [4.69, 9.17) is 0 Å². The molecule has 3 rings (SSSR count). The van der Waals surface area contributed by atoms with Crippen molar-refractivity contribution in [3.8, 4) is 0 Å². The molecule has 0 spiro atoms. The van der Waals surface area contributed by atoms with Gasteiger partial charge in [0.2, 0.25) is 0 Å². The van der Waals surface area contributed by atoms with Crippen molar-refractivity contribution < 1.29 is 9.50 Å². The predicted molar refractivity (Wildman–Crippen MR) is 73.4 cm³/mol. The Hall–Kier alpha value is -2.13. The Bertz CT molecular complexity index is 732. The van der Waals surface area contributed by atoms with Crippen LogP contribution in [0.5, 0.6) is 0 Å². The lowest BCUT2D eigenvalue weighted by molar-refractivity contribution is 0.213. The maximum Gasteiger partial charge on any atom is 0.131 e. The third-order valence-electron chi connectivity index (χ3n) is 3.46. The number of fused-ring (bicyclic) bond motifs is 1. The highest BCUT2D eigenvalue weighted by Gasteiger charge is 2.16. The Balaban J connectivity index is 2.21. The van der Waals surface area contributed by atoms with Gasteiger partial charge in [0.25, 0.3) is 0 Å². The minimum atomic E-state index is -0.759. The van der Waals surface area contributed by atoms with Crippen LogP contribution in [0.2, 0.25) is 0 Å². The minimum absolute atomic E-state index is 0.265. The van der Waals surface area contributed by atoms with Gasteiger partial charge in [-0.25, -0.2) is 4.39 Å². The smallest absolute Gasteiger partial charge is 0.131 e. The molecule has 0 aliphatic rings. The van der Waals surface area contributed by atoms with Gasteiger partial charge in [-0.3, -0.25) is 0 Å². The van der Waals surface area contributed by atoms with Crippen LogP contribution in [-0.2, 0) is 7.05 Å². The molecule has 19 heavy (non-hydrogen) atoms. The number of nitrogens with zero attached hydrogens (tertiary/aromatic N) is 1. The van der Waals surface area contributed by atoms with Crippen molar-refractivity contribution in [3.05, 3.63) is 71.8 Å². The second kappa shape index (κ2) is 4.52. The minimum Gasteiger partial charge on any atom is -0.382 e. The van der Waals surface area contributed by atoms with E-state index >= 15 is 0 Å². The van der Waals surface area contributed by atoms with E-state index in [-0.39, 0.29) is 5.82 Å². The molecule has 2 nitrogen and oxygen atoms in total. The molecule has 1 atom stereocenters. The van der Waals surface area contributed by atoms with E-state index < -0.39 is 6.10 Å². The first kappa shape index (κ1) is 11.9. The summed E-state index contributed by atoms with van der Waals surface area (Å²) in [6.07, 6.45) is 1.12. The molecule has 0 aliphatic carbocycles. The van der Waals surface area contributed by atoms with E-state index in [1.807, 2.05) is 42.1 Å². The zero-order valence-electron chi connectivity index (χ0n) is 10.5. The molecule has 1 aromatic heterocycles. The fourth-order valence-electron chi connectivity index (χ4n) is 2.44. The van der Waals surface area contributed by atoms with Crippen LogP contribution in [0.15, 0.2) is 54.7 Å². The van der Waals surface area contributed by atoms with Crippen LogP contribution in [0.3, 0.4) is 0 Å². The lowest BCUT2D eigenvalue weighted by Crippen LogP contribution is -2.06. The van der Waals surface area contributed by atoms with E-state index in [9.17, 15) is 9.50 Å². The summed E-state index contributed by atoms with van der Waals surface area (Å²) in [7, 11) is 1.88. The second-order valence-corrected chi connectivity index (χ2v) is 4.63. The molecule has 2 aromatic carbocycles. The average Bonchev–Trinajstić information content (AvgIpc) is 2.85. The molecule has 0 radical (unpaired) electrons. The van der Waals surface area contributed by atoms with Crippen LogP contribution in [0.25, 0.3) is 10.8 Å². The van der Waals surface area contributed by atoms with Crippen LogP contribution in [-0.4, -0.2) is 9.67 Å². The van der Waals surface area contributed by atoms with Gasteiger partial charge >= 0.3 is 0 Å². The van der Waals surface area contributed by atoms with Crippen LogP contribution in [0.4, 0.5) is 4.39 Å². The Morgan fingerprint density at radius 3 is 2.42 bits per heavy atom. The van der Waals surface area contributed by atoms with Gasteiger partial charge in [0.1, 0.15) is 11.9 Å². The van der Waals surface area contributed by atoms with Gasteiger partial charge in [-0.2, -0.15) is 0 Å². The first-order chi connectivity index (χ1) is 9.18. The molecule has 3 heteroatoms. The van der Waals surface area contributed by atoms with Gasteiger partial charge in [-0.05, 0) is 29.1 Å². The summed E-state index contributed by atoms with van der Waals surface area (Å²) < 4.78 is 15.6.